The molecule has 0 aliphatic carbocycles. The fourth-order valence-electron chi connectivity index (χ4n) is 2.37. The lowest BCUT2D eigenvalue weighted by atomic mass is 10.1. The van der Waals surface area contributed by atoms with Gasteiger partial charge < -0.3 is 9.64 Å². The molecule has 0 atom stereocenters. The second kappa shape index (κ2) is 6.43. The van der Waals surface area contributed by atoms with Gasteiger partial charge in [-0.3, -0.25) is 4.79 Å². The molecule has 1 aromatic rings. The van der Waals surface area contributed by atoms with Gasteiger partial charge in [0.25, 0.3) is 5.91 Å². The summed E-state index contributed by atoms with van der Waals surface area (Å²) in [6.45, 7) is 1.79. The smallest absolute Gasteiger partial charge is 0.253 e. The second-order valence-electron chi connectivity index (χ2n) is 4.79. The summed E-state index contributed by atoms with van der Waals surface area (Å²) in [4.78, 5) is 14.3. The van der Waals surface area contributed by atoms with E-state index < -0.39 is 0 Å². The van der Waals surface area contributed by atoms with Gasteiger partial charge in [0.1, 0.15) is 5.75 Å². The first-order valence-corrected chi connectivity index (χ1v) is 6.74. The highest BCUT2D eigenvalue weighted by Gasteiger charge is 2.16. The van der Waals surface area contributed by atoms with E-state index in [1.807, 2.05) is 29.2 Å². The third-order valence-corrected chi connectivity index (χ3v) is 3.48. The Labute approximate surface area is 109 Å². The predicted molar refractivity (Wildman–Crippen MR) is 72.0 cm³/mol. The molecule has 0 radical (unpaired) electrons. The molecule has 0 bridgehead atoms. The number of hydrogen-bond acceptors (Lipinski definition) is 2. The summed E-state index contributed by atoms with van der Waals surface area (Å²) < 4.78 is 5.11. The number of methoxy groups -OCH3 is 1. The van der Waals surface area contributed by atoms with Crippen LogP contribution in [0.1, 0.15) is 42.5 Å². The average Bonchev–Trinajstić information content (AvgIpc) is 2.38. The van der Waals surface area contributed by atoms with E-state index >= 15 is 0 Å². The lowest BCUT2D eigenvalue weighted by molar-refractivity contribution is 0.0742. The first kappa shape index (κ1) is 12.9. The first-order chi connectivity index (χ1) is 8.81. The SMILES string of the molecule is COc1ccc(C(=O)N2CCCCCCC2)cc1. The lowest BCUT2D eigenvalue weighted by Crippen LogP contribution is -2.33. The zero-order valence-electron chi connectivity index (χ0n) is 11.0. The summed E-state index contributed by atoms with van der Waals surface area (Å²) in [7, 11) is 1.63. The van der Waals surface area contributed by atoms with Crippen molar-refractivity contribution in [3.8, 4) is 5.75 Å². The molecule has 0 saturated carbocycles. The Kier molecular flexibility index (Phi) is 4.62. The van der Waals surface area contributed by atoms with Crippen molar-refractivity contribution in [2.24, 2.45) is 0 Å². The van der Waals surface area contributed by atoms with Gasteiger partial charge in [0, 0.05) is 18.7 Å². The Morgan fingerprint density at radius 2 is 1.56 bits per heavy atom. The summed E-state index contributed by atoms with van der Waals surface area (Å²) in [6.07, 6.45) is 6.05. The van der Waals surface area contributed by atoms with Crippen molar-refractivity contribution in [2.45, 2.75) is 32.1 Å². The van der Waals surface area contributed by atoms with Crippen LogP contribution >= 0.6 is 0 Å². The molecule has 1 aromatic carbocycles. The molecular formula is C15H21NO2. The highest BCUT2D eigenvalue weighted by atomic mass is 16.5. The summed E-state index contributed by atoms with van der Waals surface area (Å²) >= 11 is 0. The number of rotatable bonds is 2. The highest BCUT2D eigenvalue weighted by Crippen LogP contribution is 2.16. The lowest BCUT2D eigenvalue weighted by Gasteiger charge is -2.24. The van der Waals surface area contributed by atoms with Crippen LogP contribution in [0, 0.1) is 0 Å². The maximum absolute atomic E-state index is 12.3. The van der Waals surface area contributed by atoms with Crippen molar-refractivity contribution in [1.29, 1.82) is 0 Å². The minimum atomic E-state index is 0.152. The fourth-order valence-corrected chi connectivity index (χ4v) is 2.37. The van der Waals surface area contributed by atoms with Gasteiger partial charge in [-0.2, -0.15) is 0 Å². The normalized spacial score (nSPS) is 16.8. The standard InChI is InChI=1S/C15H21NO2/c1-18-14-9-7-13(8-10-14)15(17)16-11-5-3-2-4-6-12-16/h7-10H,2-6,11-12H2,1H3. The van der Waals surface area contributed by atoms with E-state index in [4.69, 9.17) is 4.74 Å². The monoisotopic (exact) mass is 247 g/mol. The number of likely N-dealkylation sites (tertiary alicyclic amines) is 1. The van der Waals surface area contributed by atoms with Crippen LogP contribution in [-0.2, 0) is 0 Å². The van der Waals surface area contributed by atoms with Crippen LogP contribution in [0.2, 0.25) is 0 Å². The summed E-state index contributed by atoms with van der Waals surface area (Å²) in [5, 5.41) is 0. The van der Waals surface area contributed by atoms with Gasteiger partial charge in [-0.25, -0.2) is 0 Å². The third-order valence-electron chi connectivity index (χ3n) is 3.48. The van der Waals surface area contributed by atoms with Crippen LogP contribution < -0.4 is 4.74 Å². The molecular weight excluding hydrogens is 226 g/mol. The quantitative estimate of drug-likeness (QED) is 0.803. The third kappa shape index (κ3) is 3.25. The Balaban J connectivity index is 2.03. The topological polar surface area (TPSA) is 29.5 Å². The number of amides is 1. The average molecular weight is 247 g/mol. The maximum atomic E-state index is 12.3. The van der Waals surface area contributed by atoms with Crippen LogP contribution in [-0.4, -0.2) is 31.0 Å². The van der Waals surface area contributed by atoms with Crippen molar-refractivity contribution < 1.29 is 9.53 Å². The van der Waals surface area contributed by atoms with Gasteiger partial charge in [-0.1, -0.05) is 19.3 Å². The Hall–Kier alpha value is -1.51. The Morgan fingerprint density at radius 3 is 2.11 bits per heavy atom. The van der Waals surface area contributed by atoms with E-state index in [0.29, 0.717) is 0 Å². The van der Waals surface area contributed by atoms with Crippen LogP contribution in [0.3, 0.4) is 0 Å². The zero-order valence-corrected chi connectivity index (χ0v) is 11.0. The molecule has 1 heterocycles. The van der Waals surface area contributed by atoms with Crippen molar-refractivity contribution in [3.63, 3.8) is 0 Å². The number of hydrogen-bond donors (Lipinski definition) is 0. The Morgan fingerprint density at radius 1 is 1.00 bits per heavy atom. The summed E-state index contributed by atoms with van der Waals surface area (Å²) in [6, 6.07) is 7.38. The predicted octanol–water partition coefficient (Wildman–Crippen LogP) is 3.10. The maximum Gasteiger partial charge on any atom is 0.253 e. The van der Waals surface area contributed by atoms with E-state index in [0.717, 1.165) is 37.2 Å². The molecule has 3 nitrogen and oxygen atoms in total. The molecule has 1 saturated heterocycles. The van der Waals surface area contributed by atoms with E-state index in [2.05, 4.69) is 0 Å². The van der Waals surface area contributed by atoms with Crippen molar-refractivity contribution in [3.05, 3.63) is 29.8 Å². The molecule has 2 rings (SSSR count). The van der Waals surface area contributed by atoms with Crippen LogP contribution in [0.15, 0.2) is 24.3 Å². The molecule has 0 unspecified atom stereocenters. The minimum Gasteiger partial charge on any atom is -0.497 e. The summed E-state index contributed by atoms with van der Waals surface area (Å²) in [5.74, 6) is 0.943. The first-order valence-electron chi connectivity index (χ1n) is 6.74. The summed E-state index contributed by atoms with van der Waals surface area (Å²) in [5.41, 5.74) is 0.761. The fraction of sp³-hybridized carbons (Fsp3) is 0.533. The van der Waals surface area contributed by atoms with E-state index in [1.54, 1.807) is 7.11 Å². The number of carbonyl (C=O) groups excluding carboxylic acids is 1. The molecule has 0 aromatic heterocycles. The van der Waals surface area contributed by atoms with Gasteiger partial charge >= 0.3 is 0 Å². The van der Waals surface area contributed by atoms with Crippen LogP contribution in [0.5, 0.6) is 5.75 Å². The molecule has 1 aliphatic rings. The van der Waals surface area contributed by atoms with Crippen molar-refractivity contribution >= 4 is 5.91 Å². The van der Waals surface area contributed by atoms with Crippen LogP contribution in [0.25, 0.3) is 0 Å². The van der Waals surface area contributed by atoms with E-state index in [-0.39, 0.29) is 5.91 Å². The van der Waals surface area contributed by atoms with Crippen molar-refractivity contribution in [1.82, 2.24) is 4.90 Å². The number of ether oxygens (including phenoxy) is 1. The zero-order chi connectivity index (χ0) is 12.8. The van der Waals surface area contributed by atoms with Gasteiger partial charge in [0.2, 0.25) is 0 Å². The Bertz CT molecular complexity index is 378. The largest absolute Gasteiger partial charge is 0.497 e. The van der Waals surface area contributed by atoms with Crippen LogP contribution in [0.4, 0.5) is 0 Å². The molecule has 3 heteroatoms. The molecule has 18 heavy (non-hydrogen) atoms. The van der Waals surface area contributed by atoms with Gasteiger partial charge in [0.05, 0.1) is 7.11 Å². The number of benzene rings is 1. The number of carbonyl (C=O) groups is 1. The van der Waals surface area contributed by atoms with Gasteiger partial charge in [-0.05, 0) is 37.1 Å². The highest BCUT2D eigenvalue weighted by molar-refractivity contribution is 5.94. The molecule has 1 aliphatic heterocycles. The second-order valence-corrected chi connectivity index (χ2v) is 4.79. The number of nitrogens with zero attached hydrogens (tertiary/aromatic N) is 1. The molecule has 0 spiro atoms. The van der Waals surface area contributed by atoms with Gasteiger partial charge in [0.15, 0.2) is 0 Å². The van der Waals surface area contributed by atoms with Crippen molar-refractivity contribution in [2.75, 3.05) is 20.2 Å². The molecule has 0 N–H and O–H groups in total. The van der Waals surface area contributed by atoms with E-state index in [9.17, 15) is 4.79 Å². The minimum absolute atomic E-state index is 0.152. The molecule has 1 fully saturated rings. The van der Waals surface area contributed by atoms with Gasteiger partial charge in [-0.15, -0.1) is 0 Å². The molecule has 1 amide bonds. The van der Waals surface area contributed by atoms with E-state index in [1.165, 1.54) is 19.3 Å². The molecule has 98 valence electrons.